The highest BCUT2D eigenvalue weighted by atomic mass is 35.5. The number of rotatable bonds is 3. The van der Waals surface area contributed by atoms with E-state index in [-0.39, 0.29) is 22.1 Å². The molecule has 2 aromatic rings. The fourth-order valence-electron chi connectivity index (χ4n) is 1.54. The minimum atomic E-state index is -1.26. The third-order valence-corrected chi connectivity index (χ3v) is 2.92. The molecule has 0 aromatic carbocycles. The molecule has 0 aliphatic rings. The second kappa shape index (κ2) is 5.48. The molecule has 0 radical (unpaired) electrons. The number of nitrogens with one attached hydrogen (secondary N) is 1. The topological polar surface area (TPSA) is 97.1 Å². The summed E-state index contributed by atoms with van der Waals surface area (Å²) in [4.78, 5) is 27.0. The van der Waals surface area contributed by atoms with Gasteiger partial charge in [0.2, 0.25) is 0 Å². The van der Waals surface area contributed by atoms with E-state index in [1.165, 1.54) is 19.3 Å². The molecule has 2 heterocycles. The van der Waals surface area contributed by atoms with Gasteiger partial charge >= 0.3 is 5.97 Å². The number of carbonyl (C=O) groups is 2. The second-order valence-corrected chi connectivity index (χ2v) is 4.62. The van der Waals surface area contributed by atoms with E-state index >= 15 is 0 Å². The maximum absolute atomic E-state index is 12.0. The summed E-state index contributed by atoms with van der Waals surface area (Å²) in [5.41, 5.74) is -0.319. The predicted molar refractivity (Wildman–Crippen MR) is 72.4 cm³/mol. The average Bonchev–Trinajstić information content (AvgIpc) is 2.74. The first kappa shape index (κ1) is 14.3. The first-order chi connectivity index (χ1) is 9.40. The van der Waals surface area contributed by atoms with Gasteiger partial charge in [-0.1, -0.05) is 23.2 Å². The number of nitrogens with zero attached hydrogens (tertiary/aromatic N) is 3. The van der Waals surface area contributed by atoms with Gasteiger partial charge in [-0.15, -0.1) is 0 Å². The van der Waals surface area contributed by atoms with Crippen molar-refractivity contribution < 1.29 is 14.7 Å². The van der Waals surface area contributed by atoms with Crippen molar-refractivity contribution >= 4 is 40.9 Å². The van der Waals surface area contributed by atoms with Gasteiger partial charge in [0, 0.05) is 13.2 Å². The number of aromatic nitrogens is 3. The summed E-state index contributed by atoms with van der Waals surface area (Å²) < 4.78 is 1.09. The Bertz CT molecular complexity index is 699. The fraction of sp³-hybridized carbons (Fsp3) is 0.0909. The minimum absolute atomic E-state index is 0.0845. The summed E-state index contributed by atoms with van der Waals surface area (Å²) >= 11 is 11.6. The lowest BCUT2D eigenvalue weighted by Gasteiger charge is -2.06. The Morgan fingerprint density at radius 1 is 1.35 bits per heavy atom. The molecule has 1 amide bonds. The lowest BCUT2D eigenvalue weighted by Crippen LogP contribution is -2.17. The van der Waals surface area contributed by atoms with Crippen molar-refractivity contribution in [3.63, 3.8) is 0 Å². The second-order valence-electron chi connectivity index (χ2n) is 3.77. The van der Waals surface area contributed by atoms with E-state index in [0.29, 0.717) is 5.02 Å². The van der Waals surface area contributed by atoms with Crippen LogP contribution in [0.25, 0.3) is 0 Å². The Morgan fingerprint density at radius 3 is 2.65 bits per heavy atom. The van der Waals surface area contributed by atoms with Crippen LogP contribution in [-0.4, -0.2) is 31.7 Å². The van der Waals surface area contributed by atoms with Crippen molar-refractivity contribution in [2.24, 2.45) is 7.05 Å². The zero-order chi connectivity index (χ0) is 14.9. The van der Waals surface area contributed by atoms with Crippen molar-refractivity contribution in [2.75, 3.05) is 5.32 Å². The number of pyridine rings is 1. The summed E-state index contributed by atoms with van der Waals surface area (Å²) in [6.45, 7) is 0. The van der Waals surface area contributed by atoms with Crippen LogP contribution in [0.4, 0.5) is 5.82 Å². The van der Waals surface area contributed by atoms with Crippen LogP contribution in [0.3, 0.4) is 0 Å². The van der Waals surface area contributed by atoms with Gasteiger partial charge in [-0.3, -0.25) is 9.48 Å². The van der Waals surface area contributed by atoms with Crippen LogP contribution >= 0.6 is 23.2 Å². The number of hydrogen-bond donors (Lipinski definition) is 2. The van der Waals surface area contributed by atoms with E-state index in [0.717, 1.165) is 10.9 Å². The van der Waals surface area contributed by atoms with Gasteiger partial charge in [0.1, 0.15) is 0 Å². The number of carboxylic acid groups (broad SMARTS) is 1. The van der Waals surface area contributed by atoms with Gasteiger partial charge in [0.05, 0.1) is 21.8 Å². The number of carboxylic acids is 1. The molecule has 0 aliphatic carbocycles. The van der Waals surface area contributed by atoms with Gasteiger partial charge in [0.15, 0.2) is 11.5 Å². The Labute approximate surface area is 123 Å². The van der Waals surface area contributed by atoms with Crippen molar-refractivity contribution in [3.8, 4) is 0 Å². The van der Waals surface area contributed by atoms with Gasteiger partial charge < -0.3 is 10.4 Å². The lowest BCUT2D eigenvalue weighted by molar-refractivity contribution is 0.0680. The first-order valence-electron chi connectivity index (χ1n) is 5.28. The Morgan fingerprint density at radius 2 is 2.05 bits per heavy atom. The van der Waals surface area contributed by atoms with E-state index in [2.05, 4.69) is 15.4 Å². The number of hydrogen-bond acceptors (Lipinski definition) is 4. The highest BCUT2D eigenvalue weighted by Crippen LogP contribution is 2.23. The maximum Gasteiger partial charge on any atom is 0.354 e. The molecule has 0 aliphatic heterocycles. The molecule has 104 valence electrons. The van der Waals surface area contributed by atoms with Crippen LogP contribution in [0, 0.1) is 0 Å². The zero-order valence-electron chi connectivity index (χ0n) is 10.1. The van der Waals surface area contributed by atoms with Crippen molar-refractivity contribution in [1.82, 2.24) is 14.8 Å². The van der Waals surface area contributed by atoms with E-state index in [1.807, 2.05) is 0 Å². The Kier molecular flexibility index (Phi) is 3.91. The molecule has 0 unspecified atom stereocenters. The van der Waals surface area contributed by atoms with Crippen LogP contribution in [-0.2, 0) is 7.05 Å². The number of aryl methyl sites for hydroxylation is 1. The summed E-state index contributed by atoms with van der Waals surface area (Å²) in [7, 11) is 1.42. The van der Waals surface area contributed by atoms with Gasteiger partial charge in [0.25, 0.3) is 5.91 Å². The van der Waals surface area contributed by atoms with E-state index in [4.69, 9.17) is 28.3 Å². The molecular formula is C11H8Cl2N4O3. The maximum atomic E-state index is 12.0. The lowest BCUT2D eigenvalue weighted by atomic mass is 10.2. The predicted octanol–water partition coefficient (Wildman–Crippen LogP) is 2.07. The van der Waals surface area contributed by atoms with Crippen molar-refractivity contribution in [1.29, 1.82) is 0 Å². The van der Waals surface area contributed by atoms with Crippen LogP contribution in [0.2, 0.25) is 10.0 Å². The molecule has 7 nitrogen and oxygen atoms in total. The minimum Gasteiger partial charge on any atom is -0.477 e. The summed E-state index contributed by atoms with van der Waals surface area (Å²) in [6, 6.07) is 1.41. The van der Waals surface area contributed by atoms with Crippen LogP contribution in [0.5, 0.6) is 0 Å². The number of carbonyl (C=O) groups excluding carboxylic acids is 1. The van der Waals surface area contributed by atoms with Gasteiger partial charge in [-0.05, 0) is 6.07 Å². The fourth-order valence-corrected chi connectivity index (χ4v) is 1.97. The van der Waals surface area contributed by atoms with Crippen LogP contribution in [0.15, 0.2) is 18.5 Å². The Hall–Kier alpha value is -2.12. The first-order valence-corrected chi connectivity index (χ1v) is 6.03. The third-order valence-electron chi connectivity index (χ3n) is 2.43. The molecule has 20 heavy (non-hydrogen) atoms. The van der Waals surface area contributed by atoms with Crippen LogP contribution in [0.1, 0.15) is 20.8 Å². The van der Waals surface area contributed by atoms with E-state index in [9.17, 15) is 9.59 Å². The third kappa shape index (κ3) is 2.73. The largest absolute Gasteiger partial charge is 0.477 e. The smallest absolute Gasteiger partial charge is 0.354 e. The SMILES string of the molecule is Cn1ncc(C(=O)Nc2ncc(Cl)cc2Cl)c1C(=O)O. The summed E-state index contributed by atoms with van der Waals surface area (Å²) in [6.07, 6.45) is 2.47. The van der Waals surface area contributed by atoms with E-state index in [1.54, 1.807) is 0 Å². The molecule has 0 fully saturated rings. The molecular weight excluding hydrogens is 307 g/mol. The molecule has 0 saturated carbocycles. The summed E-state index contributed by atoms with van der Waals surface area (Å²) in [5, 5.41) is 15.6. The number of aromatic carboxylic acids is 1. The zero-order valence-corrected chi connectivity index (χ0v) is 11.6. The standard InChI is InChI=1S/C11H8Cl2N4O3/c1-17-8(11(19)20)6(4-15-17)10(18)16-9-7(13)2-5(12)3-14-9/h2-4H,1H3,(H,19,20)(H,14,16,18). The van der Waals surface area contributed by atoms with Crippen molar-refractivity contribution in [3.05, 3.63) is 39.8 Å². The quantitative estimate of drug-likeness (QED) is 0.903. The molecule has 0 saturated heterocycles. The molecule has 9 heteroatoms. The van der Waals surface area contributed by atoms with Gasteiger partial charge in [-0.25, -0.2) is 9.78 Å². The summed E-state index contributed by atoms with van der Waals surface area (Å²) in [5.74, 6) is -1.85. The molecule has 2 aromatic heterocycles. The number of anilines is 1. The highest BCUT2D eigenvalue weighted by Gasteiger charge is 2.22. The van der Waals surface area contributed by atoms with Crippen molar-refractivity contribution in [2.45, 2.75) is 0 Å². The molecule has 0 bridgehead atoms. The van der Waals surface area contributed by atoms with Gasteiger partial charge in [-0.2, -0.15) is 5.10 Å². The number of amides is 1. The monoisotopic (exact) mass is 314 g/mol. The molecule has 2 N–H and O–H groups in total. The molecule has 2 rings (SSSR count). The highest BCUT2D eigenvalue weighted by molar-refractivity contribution is 6.36. The normalized spacial score (nSPS) is 10.3. The molecule has 0 spiro atoms. The van der Waals surface area contributed by atoms with Crippen LogP contribution < -0.4 is 5.32 Å². The number of halogens is 2. The van der Waals surface area contributed by atoms with E-state index < -0.39 is 11.9 Å². The molecule has 0 atom stereocenters. The Balaban J connectivity index is 2.31. The average molecular weight is 315 g/mol.